The summed E-state index contributed by atoms with van der Waals surface area (Å²) in [4.78, 5) is 0. The van der Waals surface area contributed by atoms with Crippen molar-refractivity contribution in [2.75, 3.05) is 11.5 Å². The molecule has 0 heterocycles. The van der Waals surface area contributed by atoms with Gasteiger partial charge in [-0.05, 0) is 42.0 Å². The second kappa shape index (κ2) is 8.34. The van der Waals surface area contributed by atoms with Crippen molar-refractivity contribution in [1.29, 1.82) is 0 Å². The minimum absolute atomic E-state index is 0.0711. The van der Waals surface area contributed by atoms with Crippen molar-refractivity contribution in [2.45, 2.75) is 11.7 Å². The first-order valence-corrected chi connectivity index (χ1v) is 10.1. The zero-order valence-corrected chi connectivity index (χ0v) is 17.5. The van der Waals surface area contributed by atoms with E-state index in [0.717, 1.165) is 5.56 Å². The summed E-state index contributed by atoms with van der Waals surface area (Å²) in [7, 11) is 0. The summed E-state index contributed by atoms with van der Waals surface area (Å²) in [6.45, 7) is 0. The smallest absolute Gasteiger partial charge is 0.308 e. The monoisotopic (exact) mass is 438 g/mol. The Bertz CT molecular complexity index is 1080. The van der Waals surface area contributed by atoms with E-state index in [1.165, 1.54) is 0 Å². The molecule has 3 aromatic carbocycles. The number of nitrogens with two attached hydrogens (primary N) is 2. The van der Waals surface area contributed by atoms with Crippen molar-refractivity contribution in [3.05, 3.63) is 107 Å². The lowest BCUT2D eigenvalue weighted by atomic mass is 9.92. The average Bonchev–Trinajstić information content (AvgIpc) is 2.70. The number of rotatable bonds is 5. The summed E-state index contributed by atoms with van der Waals surface area (Å²) in [5, 5.41) is 1.04. The highest BCUT2D eigenvalue weighted by Crippen LogP contribution is 2.39. The second-order valence-electron chi connectivity index (χ2n) is 6.97. The molecular weight excluding hydrogens is 419 g/mol. The van der Waals surface area contributed by atoms with Gasteiger partial charge < -0.3 is 20.9 Å². The van der Waals surface area contributed by atoms with Crippen LogP contribution in [0, 0.1) is 0 Å². The highest BCUT2D eigenvalue weighted by molar-refractivity contribution is 6.31. The molecule has 0 aliphatic heterocycles. The molecule has 0 radical (unpaired) electrons. The largest absolute Gasteiger partial charge is 0.444 e. The normalized spacial score (nSPS) is 17.3. The van der Waals surface area contributed by atoms with Crippen LogP contribution < -0.4 is 20.9 Å². The first-order chi connectivity index (χ1) is 14.4. The van der Waals surface area contributed by atoms with Crippen molar-refractivity contribution in [2.24, 2.45) is 0 Å². The molecule has 6 heteroatoms. The van der Waals surface area contributed by atoms with Gasteiger partial charge in [0.05, 0.1) is 0 Å². The van der Waals surface area contributed by atoms with Gasteiger partial charge in [0.15, 0.2) is 0 Å². The number of hydrogen-bond donors (Lipinski definition) is 2. The van der Waals surface area contributed by atoms with Crippen LogP contribution in [0.4, 0.5) is 11.4 Å². The van der Waals surface area contributed by atoms with Crippen molar-refractivity contribution < 1.29 is 9.47 Å². The van der Waals surface area contributed by atoms with Gasteiger partial charge in [0.1, 0.15) is 16.5 Å². The van der Waals surface area contributed by atoms with E-state index < -0.39 is 5.79 Å². The molecule has 3 aromatic rings. The Morgan fingerprint density at radius 3 is 1.90 bits per heavy atom. The number of hydrogen-bond acceptors (Lipinski definition) is 4. The Balaban J connectivity index is 1.72. The zero-order valence-electron chi connectivity index (χ0n) is 16.0. The minimum Gasteiger partial charge on any atom is -0.444 e. The van der Waals surface area contributed by atoms with E-state index in [-0.39, 0.29) is 5.92 Å². The standard InChI is InChI=1S/C24H20Cl2N2O2/c25-18-5-1-4-16(12-18)17-10-11-24(23(26)13-17,29-21-8-2-6-19(27)14-21)30-22-9-3-7-20(28)15-22/h1-15,17H,27-28H2. The third-order valence-electron chi connectivity index (χ3n) is 4.67. The molecule has 4 N–H and O–H groups in total. The van der Waals surface area contributed by atoms with Gasteiger partial charge in [-0.1, -0.05) is 59.6 Å². The summed E-state index contributed by atoms with van der Waals surface area (Å²) in [5.74, 6) is -0.385. The fraction of sp³-hybridized carbons (Fsp3) is 0.0833. The topological polar surface area (TPSA) is 70.5 Å². The predicted octanol–water partition coefficient (Wildman–Crippen LogP) is 6.13. The number of ether oxygens (including phenoxy) is 2. The molecule has 0 bridgehead atoms. The van der Waals surface area contributed by atoms with Crippen molar-refractivity contribution >= 4 is 34.6 Å². The van der Waals surface area contributed by atoms with Crippen LogP contribution in [0.3, 0.4) is 0 Å². The highest BCUT2D eigenvalue weighted by Gasteiger charge is 2.39. The zero-order chi connectivity index (χ0) is 21.1. The van der Waals surface area contributed by atoms with Crippen LogP contribution in [-0.4, -0.2) is 5.79 Å². The van der Waals surface area contributed by atoms with E-state index >= 15 is 0 Å². The van der Waals surface area contributed by atoms with Gasteiger partial charge in [-0.15, -0.1) is 0 Å². The Morgan fingerprint density at radius 2 is 1.37 bits per heavy atom. The molecule has 152 valence electrons. The van der Waals surface area contributed by atoms with Crippen LogP contribution in [0.25, 0.3) is 0 Å². The van der Waals surface area contributed by atoms with Crippen LogP contribution >= 0.6 is 23.2 Å². The summed E-state index contributed by atoms with van der Waals surface area (Å²) in [5.41, 5.74) is 14.0. The number of halogens is 2. The fourth-order valence-corrected chi connectivity index (χ4v) is 3.73. The molecule has 1 unspecified atom stereocenters. The van der Waals surface area contributed by atoms with Gasteiger partial charge in [-0.25, -0.2) is 0 Å². The lowest BCUT2D eigenvalue weighted by molar-refractivity contribution is -0.0333. The number of allylic oxidation sites excluding steroid dienone is 2. The molecule has 0 saturated heterocycles. The molecule has 30 heavy (non-hydrogen) atoms. The van der Waals surface area contributed by atoms with Crippen LogP contribution in [0.1, 0.15) is 11.5 Å². The van der Waals surface area contributed by atoms with Gasteiger partial charge >= 0.3 is 5.79 Å². The van der Waals surface area contributed by atoms with Crippen LogP contribution in [0.2, 0.25) is 5.02 Å². The van der Waals surface area contributed by atoms with Gasteiger partial charge in [0.2, 0.25) is 0 Å². The Morgan fingerprint density at radius 1 is 0.767 bits per heavy atom. The van der Waals surface area contributed by atoms with Crippen molar-refractivity contribution in [3.63, 3.8) is 0 Å². The maximum atomic E-state index is 6.77. The number of nitrogen functional groups attached to an aromatic ring is 2. The molecule has 0 aromatic heterocycles. The molecule has 0 spiro atoms. The van der Waals surface area contributed by atoms with E-state index in [0.29, 0.717) is 32.9 Å². The molecule has 1 atom stereocenters. The SMILES string of the molecule is Nc1cccc(OC2(Oc3cccc(N)c3)C=CC(c3cccc(Cl)c3)C=C2Cl)c1. The average molecular weight is 439 g/mol. The second-order valence-corrected chi connectivity index (χ2v) is 7.81. The predicted molar refractivity (Wildman–Crippen MR) is 123 cm³/mol. The third kappa shape index (κ3) is 4.40. The Hall–Kier alpha value is -3.08. The third-order valence-corrected chi connectivity index (χ3v) is 5.29. The van der Waals surface area contributed by atoms with E-state index in [2.05, 4.69) is 0 Å². The van der Waals surface area contributed by atoms with Crippen LogP contribution in [0.5, 0.6) is 11.5 Å². The Kier molecular flexibility index (Phi) is 5.62. The quantitative estimate of drug-likeness (QED) is 0.285. The maximum Gasteiger partial charge on any atom is 0.308 e. The molecule has 0 amide bonds. The number of benzene rings is 3. The van der Waals surface area contributed by atoms with Gasteiger partial charge in [0, 0.05) is 40.5 Å². The van der Waals surface area contributed by atoms with E-state index in [1.807, 2.05) is 36.4 Å². The highest BCUT2D eigenvalue weighted by atomic mass is 35.5. The molecule has 0 fully saturated rings. The molecule has 1 aliphatic rings. The maximum absolute atomic E-state index is 6.77. The lowest BCUT2D eigenvalue weighted by Crippen LogP contribution is -2.42. The van der Waals surface area contributed by atoms with Gasteiger partial charge in [-0.3, -0.25) is 0 Å². The van der Waals surface area contributed by atoms with Crippen molar-refractivity contribution in [1.82, 2.24) is 0 Å². The number of anilines is 2. The van der Waals surface area contributed by atoms with Crippen molar-refractivity contribution in [3.8, 4) is 11.5 Å². The van der Waals surface area contributed by atoms with Gasteiger partial charge in [0.25, 0.3) is 0 Å². The van der Waals surface area contributed by atoms with E-state index in [9.17, 15) is 0 Å². The minimum atomic E-state index is -1.36. The molecule has 1 aliphatic carbocycles. The summed E-state index contributed by atoms with van der Waals surface area (Å²) >= 11 is 12.9. The Labute approximate surface area is 185 Å². The molecule has 0 saturated carbocycles. The van der Waals surface area contributed by atoms with Crippen LogP contribution in [0.15, 0.2) is 96.1 Å². The molecular formula is C24H20Cl2N2O2. The van der Waals surface area contributed by atoms with Crippen LogP contribution in [-0.2, 0) is 0 Å². The molecule has 4 rings (SSSR count). The summed E-state index contributed by atoms with van der Waals surface area (Å²) < 4.78 is 12.5. The molecule has 4 nitrogen and oxygen atoms in total. The van der Waals surface area contributed by atoms with E-state index in [4.69, 9.17) is 44.1 Å². The van der Waals surface area contributed by atoms with Gasteiger partial charge in [-0.2, -0.15) is 0 Å². The first-order valence-electron chi connectivity index (χ1n) is 9.35. The summed E-state index contributed by atoms with van der Waals surface area (Å²) in [6.07, 6.45) is 5.65. The first kappa shape index (κ1) is 20.2. The lowest BCUT2D eigenvalue weighted by Gasteiger charge is -2.35. The summed E-state index contributed by atoms with van der Waals surface area (Å²) in [6, 6.07) is 21.8. The van der Waals surface area contributed by atoms with E-state index in [1.54, 1.807) is 54.6 Å². The fourth-order valence-electron chi connectivity index (χ4n) is 3.25.